The topological polar surface area (TPSA) is 132 Å². The van der Waals surface area contributed by atoms with Crippen LogP contribution in [0.3, 0.4) is 0 Å². The van der Waals surface area contributed by atoms with Crippen molar-refractivity contribution in [2.45, 2.75) is 52.3 Å². The largest absolute Gasteiger partial charge is 0.493 e. The van der Waals surface area contributed by atoms with E-state index < -0.39 is 12.1 Å². The highest BCUT2D eigenvalue weighted by Gasteiger charge is 2.38. The van der Waals surface area contributed by atoms with Crippen LogP contribution in [0.15, 0.2) is 65.2 Å². The van der Waals surface area contributed by atoms with Gasteiger partial charge in [0, 0.05) is 30.6 Å². The standard InChI is InChI=1S/C36H38N4O7/c1-21-8-10-26-16-29(21)25-6-5-7-27(15-25)45-20-34(41)37-17-24-9-12-31(32(14-24)44-4)46-33-19-40(18-30(33)38-36(26)43)35(42)13-11-28-22(2)39-47-23(28)3/h5-10,12,14-16,30,33H,11,13,17-20H2,1-4H3,(H,37,41)(H,38,43)/t30-,33-/m0/s1. The molecule has 3 aromatic carbocycles. The fourth-order valence-electron chi connectivity index (χ4n) is 6.05. The van der Waals surface area contributed by atoms with Crippen molar-refractivity contribution >= 4 is 17.7 Å². The highest BCUT2D eigenvalue weighted by molar-refractivity contribution is 5.96. The van der Waals surface area contributed by atoms with E-state index >= 15 is 0 Å². The molecule has 11 heteroatoms. The van der Waals surface area contributed by atoms with Gasteiger partial charge < -0.3 is 34.3 Å². The van der Waals surface area contributed by atoms with E-state index in [1.165, 1.54) is 0 Å². The quantitative estimate of drug-likeness (QED) is 0.338. The predicted molar refractivity (Wildman–Crippen MR) is 173 cm³/mol. The van der Waals surface area contributed by atoms with E-state index in [2.05, 4.69) is 15.8 Å². The number of ether oxygens (including phenoxy) is 3. The van der Waals surface area contributed by atoms with Crippen LogP contribution in [0.2, 0.25) is 0 Å². The summed E-state index contributed by atoms with van der Waals surface area (Å²) in [6, 6.07) is 17.9. The van der Waals surface area contributed by atoms with Gasteiger partial charge in [-0.2, -0.15) is 0 Å². The molecule has 244 valence electrons. The van der Waals surface area contributed by atoms with Gasteiger partial charge in [0.15, 0.2) is 18.1 Å². The Morgan fingerprint density at radius 1 is 1.02 bits per heavy atom. The van der Waals surface area contributed by atoms with Crippen molar-refractivity contribution in [3.63, 3.8) is 0 Å². The molecule has 0 radical (unpaired) electrons. The molecule has 0 spiro atoms. The fourth-order valence-corrected chi connectivity index (χ4v) is 6.05. The number of fused-ring (bicyclic) bond motifs is 7. The Kier molecular flexibility index (Phi) is 9.15. The Labute approximate surface area is 273 Å². The SMILES string of the molecule is COc1cc2ccc1O[C@H]1CN(C(=O)CCc3c(C)noc3C)C[C@@H]1NC(=O)c1ccc(C)c(c1)-c1cccc(c1)OCC(=O)NC2. The van der Waals surface area contributed by atoms with Crippen LogP contribution in [-0.4, -0.2) is 66.7 Å². The molecule has 0 unspecified atom stereocenters. The number of nitrogens with zero attached hydrogens (tertiary/aromatic N) is 2. The average molecular weight is 639 g/mol. The summed E-state index contributed by atoms with van der Waals surface area (Å²) in [6.45, 7) is 6.34. The first-order valence-corrected chi connectivity index (χ1v) is 15.6. The average Bonchev–Trinajstić information content (AvgIpc) is 3.62. The zero-order valence-electron chi connectivity index (χ0n) is 26.9. The number of nitrogens with one attached hydrogen (secondary N) is 2. The molecule has 3 amide bonds. The minimum Gasteiger partial charge on any atom is -0.493 e. The molecule has 1 saturated heterocycles. The minimum atomic E-state index is -0.550. The molecule has 1 fully saturated rings. The fraction of sp³-hybridized carbons (Fsp3) is 0.333. The summed E-state index contributed by atoms with van der Waals surface area (Å²) in [7, 11) is 1.54. The lowest BCUT2D eigenvalue weighted by atomic mass is 9.97. The van der Waals surface area contributed by atoms with Crippen LogP contribution < -0.4 is 24.8 Å². The van der Waals surface area contributed by atoms with Crippen molar-refractivity contribution < 1.29 is 33.1 Å². The number of hydrogen-bond donors (Lipinski definition) is 2. The minimum absolute atomic E-state index is 0.0568. The van der Waals surface area contributed by atoms with Gasteiger partial charge >= 0.3 is 0 Å². The number of hydrogen-bond acceptors (Lipinski definition) is 8. The van der Waals surface area contributed by atoms with E-state index in [1.807, 2.05) is 57.2 Å². The van der Waals surface area contributed by atoms with Crippen molar-refractivity contribution in [1.82, 2.24) is 20.7 Å². The molecule has 7 rings (SSSR count). The summed E-state index contributed by atoms with van der Waals surface area (Å²) in [6.07, 6.45) is 0.221. The summed E-state index contributed by atoms with van der Waals surface area (Å²) in [5.41, 5.74) is 5.67. The summed E-state index contributed by atoms with van der Waals surface area (Å²) < 4.78 is 23.2. The third-order valence-corrected chi connectivity index (χ3v) is 8.72. The van der Waals surface area contributed by atoms with Gasteiger partial charge in [-0.1, -0.05) is 29.4 Å². The highest BCUT2D eigenvalue weighted by atomic mass is 16.5. The van der Waals surface area contributed by atoms with Crippen molar-refractivity contribution in [1.29, 1.82) is 0 Å². The second kappa shape index (κ2) is 13.6. The molecule has 0 aliphatic carbocycles. The predicted octanol–water partition coefficient (Wildman–Crippen LogP) is 4.31. The van der Waals surface area contributed by atoms with Gasteiger partial charge in [-0.3, -0.25) is 14.4 Å². The molecular weight excluding hydrogens is 600 g/mol. The van der Waals surface area contributed by atoms with Crippen LogP contribution in [0.4, 0.5) is 0 Å². The van der Waals surface area contributed by atoms with Crippen LogP contribution in [0.5, 0.6) is 17.2 Å². The molecule has 0 saturated carbocycles. The Morgan fingerprint density at radius 3 is 2.66 bits per heavy atom. The normalized spacial score (nSPS) is 18.0. The lowest BCUT2D eigenvalue weighted by Crippen LogP contribution is -2.45. The summed E-state index contributed by atoms with van der Waals surface area (Å²) in [5.74, 6) is 1.57. The van der Waals surface area contributed by atoms with Crippen LogP contribution in [0, 0.1) is 20.8 Å². The van der Waals surface area contributed by atoms with E-state index in [0.29, 0.717) is 35.0 Å². The van der Waals surface area contributed by atoms with E-state index in [1.54, 1.807) is 36.3 Å². The Bertz CT molecular complexity index is 1800. The van der Waals surface area contributed by atoms with Gasteiger partial charge in [0.25, 0.3) is 11.8 Å². The maximum atomic E-state index is 13.8. The maximum absolute atomic E-state index is 13.8. The van der Waals surface area contributed by atoms with Gasteiger partial charge in [-0.25, -0.2) is 0 Å². The van der Waals surface area contributed by atoms with Gasteiger partial charge in [-0.15, -0.1) is 0 Å². The van der Waals surface area contributed by atoms with Crippen LogP contribution in [-0.2, 0) is 22.6 Å². The molecule has 11 nitrogen and oxygen atoms in total. The molecule has 1 aromatic heterocycles. The molecule has 47 heavy (non-hydrogen) atoms. The molecule has 3 aliphatic rings. The third kappa shape index (κ3) is 7.09. The lowest BCUT2D eigenvalue weighted by Gasteiger charge is -2.23. The third-order valence-electron chi connectivity index (χ3n) is 8.72. The lowest BCUT2D eigenvalue weighted by molar-refractivity contribution is -0.130. The number of rotatable bonds is 4. The number of carbonyl (C=O) groups is 3. The first kappa shape index (κ1) is 31.7. The van der Waals surface area contributed by atoms with E-state index in [4.69, 9.17) is 18.7 Å². The highest BCUT2D eigenvalue weighted by Crippen LogP contribution is 2.32. The Balaban J connectivity index is 1.31. The molecule has 2 atom stereocenters. The molecule has 4 aromatic rings. The second-order valence-electron chi connectivity index (χ2n) is 11.9. The number of benzene rings is 3. The van der Waals surface area contributed by atoms with Crippen molar-refractivity contribution in [3.8, 4) is 28.4 Å². The van der Waals surface area contributed by atoms with Gasteiger partial charge in [0.1, 0.15) is 17.6 Å². The second-order valence-corrected chi connectivity index (χ2v) is 11.9. The van der Waals surface area contributed by atoms with E-state index in [9.17, 15) is 14.4 Å². The molecule has 3 aliphatic heterocycles. The number of aromatic nitrogens is 1. The Morgan fingerprint density at radius 2 is 1.87 bits per heavy atom. The van der Waals surface area contributed by atoms with E-state index in [0.717, 1.165) is 33.5 Å². The van der Waals surface area contributed by atoms with Gasteiger partial charge in [0.2, 0.25) is 5.91 Å². The zero-order valence-corrected chi connectivity index (χ0v) is 26.9. The molecule has 2 N–H and O–H groups in total. The number of methoxy groups -OCH3 is 1. The number of carbonyl (C=O) groups excluding carboxylic acids is 3. The van der Waals surface area contributed by atoms with Crippen molar-refractivity contribution in [2.75, 3.05) is 26.8 Å². The summed E-state index contributed by atoms with van der Waals surface area (Å²) in [5, 5.41) is 10.0. The van der Waals surface area contributed by atoms with Crippen LogP contribution in [0.1, 0.15) is 44.9 Å². The number of aryl methyl sites for hydroxylation is 3. The Hall–Kier alpha value is -5.32. The van der Waals surface area contributed by atoms with E-state index in [-0.39, 0.29) is 50.4 Å². The van der Waals surface area contributed by atoms with Crippen LogP contribution >= 0.6 is 0 Å². The van der Waals surface area contributed by atoms with Crippen molar-refractivity contribution in [3.05, 3.63) is 94.4 Å². The van der Waals surface area contributed by atoms with Crippen LogP contribution in [0.25, 0.3) is 11.1 Å². The summed E-state index contributed by atoms with van der Waals surface area (Å²) >= 11 is 0. The zero-order chi connectivity index (χ0) is 33.1. The van der Waals surface area contributed by atoms with Gasteiger partial charge in [0.05, 0.1) is 25.4 Å². The summed E-state index contributed by atoms with van der Waals surface area (Å²) in [4.78, 5) is 41.6. The monoisotopic (exact) mass is 638 g/mol. The van der Waals surface area contributed by atoms with Crippen molar-refractivity contribution in [2.24, 2.45) is 0 Å². The smallest absolute Gasteiger partial charge is 0.258 e. The molecular formula is C36H38N4O7. The molecule has 6 bridgehead atoms. The number of amides is 3. The molecule has 4 heterocycles. The maximum Gasteiger partial charge on any atom is 0.258 e. The first-order valence-electron chi connectivity index (χ1n) is 15.6. The first-order chi connectivity index (χ1) is 22.7. The number of likely N-dealkylation sites (tertiary alicyclic amines) is 1. The van der Waals surface area contributed by atoms with Gasteiger partial charge in [-0.05, 0) is 85.8 Å².